The first-order chi connectivity index (χ1) is 13.8. The number of halogens is 1. The molecule has 11 heteroatoms. The average molecular weight is 425 g/mol. The van der Waals surface area contributed by atoms with E-state index in [1.54, 1.807) is 13.8 Å². The molecule has 3 N–H and O–H groups in total. The maximum absolute atomic E-state index is 13.9. The molecular weight excluding hydrogens is 399 g/mol. The molecule has 0 spiro atoms. The van der Waals surface area contributed by atoms with E-state index in [1.165, 1.54) is 18.6 Å². The van der Waals surface area contributed by atoms with Crippen LogP contribution in [0.25, 0.3) is 0 Å². The highest BCUT2D eigenvalue weighted by Gasteiger charge is 2.30. The first-order valence-corrected chi connectivity index (χ1v) is 11.0. The molecule has 0 bridgehead atoms. The number of hydrogen-bond acceptors (Lipinski definition) is 6. The Morgan fingerprint density at radius 3 is 2.55 bits per heavy atom. The molecule has 3 rings (SSSR count). The average Bonchev–Trinajstić information content (AvgIpc) is 3.15. The fraction of sp³-hybridized carbons (Fsp3) is 0.500. The summed E-state index contributed by atoms with van der Waals surface area (Å²) in [5.41, 5.74) is 0. The number of aromatic amines is 1. The number of amides is 1. The van der Waals surface area contributed by atoms with E-state index in [2.05, 4.69) is 25.2 Å². The van der Waals surface area contributed by atoms with Crippen LogP contribution in [0.5, 0.6) is 0 Å². The van der Waals surface area contributed by atoms with E-state index < -0.39 is 32.7 Å². The molecule has 29 heavy (non-hydrogen) atoms. The summed E-state index contributed by atoms with van der Waals surface area (Å²) in [6.45, 7) is 5.08. The van der Waals surface area contributed by atoms with Crippen molar-refractivity contribution in [2.24, 2.45) is 5.92 Å². The number of anilines is 2. The van der Waals surface area contributed by atoms with Crippen LogP contribution in [-0.2, 0) is 14.8 Å². The largest absolute Gasteiger partial charge is 0.340 e. The maximum atomic E-state index is 13.9. The van der Waals surface area contributed by atoms with Gasteiger partial charge in [0.2, 0.25) is 27.8 Å². The van der Waals surface area contributed by atoms with Crippen LogP contribution in [0, 0.1) is 11.7 Å². The van der Waals surface area contributed by atoms with Gasteiger partial charge >= 0.3 is 0 Å². The van der Waals surface area contributed by atoms with Crippen molar-refractivity contribution in [2.75, 3.05) is 23.3 Å². The van der Waals surface area contributed by atoms with E-state index >= 15 is 0 Å². The molecule has 1 aromatic heterocycles. The van der Waals surface area contributed by atoms with Gasteiger partial charge in [-0.15, -0.1) is 5.10 Å². The summed E-state index contributed by atoms with van der Waals surface area (Å²) in [5.74, 6) is -1.26. The Morgan fingerprint density at radius 2 is 1.90 bits per heavy atom. The normalized spacial score (nSPS) is 16.1. The first-order valence-electron chi connectivity index (χ1n) is 9.53. The number of rotatable bonds is 7. The molecular formula is C18H25FN6O3S. The number of carbonyl (C=O) groups excluding carboxylic acids is 1. The smallest absolute Gasteiger partial charge is 0.246 e. The molecule has 2 heterocycles. The van der Waals surface area contributed by atoms with Gasteiger partial charge in [-0.2, -0.15) is 9.71 Å². The second-order valence-corrected chi connectivity index (χ2v) is 8.98. The fourth-order valence-corrected chi connectivity index (χ4v) is 4.55. The third-order valence-corrected chi connectivity index (χ3v) is 6.19. The molecule has 1 atom stereocenters. The third-order valence-electron chi connectivity index (χ3n) is 4.71. The predicted octanol–water partition coefficient (Wildman–Crippen LogP) is 1.88. The molecule has 1 fully saturated rings. The number of sulfonamides is 1. The van der Waals surface area contributed by atoms with Crippen LogP contribution in [0.1, 0.15) is 33.1 Å². The minimum Gasteiger partial charge on any atom is -0.340 e. The molecule has 1 amide bonds. The highest BCUT2D eigenvalue weighted by atomic mass is 32.2. The lowest BCUT2D eigenvalue weighted by atomic mass is 10.1. The van der Waals surface area contributed by atoms with Crippen molar-refractivity contribution in [3.8, 4) is 0 Å². The lowest BCUT2D eigenvalue weighted by molar-refractivity contribution is -0.118. The van der Waals surface area contributed by atoms with Gasteiger partial charge in [0.15, 0.2) is 0 Å². The van der Waals surface area contributed by atoms with Crippen LogP contribution in [0.4, 0.5) is 16.3 Å². The SMILES string of the molecule is CC(C)[C@H](NS(=O)(=O)c1ccccc1F)C(=O)Nc1nc(N2CCCCC2)n[nH]1. The predicted molar refractivity (Wildman–Crippen MR) is 106 cm³/mol. The molecule has 0 saturated carbocycles. The van der Waals surface area contributed by atoms with Gasteiger partial charge in [-0.05, 0) is 37.3 Å². The quantitative estimate of drug-likeness (QED) is 0.624. The number of hydrogen-bond donors (Lipinski definition) is 3. The maximum Gasteiger partial charge on any atom is 0.246 e. The number of nitrogens with one attached hydrogen (secondary N) is 3. The second-order valence-electron chi connectivity index (χ2n) is 7.29. The van der Waals surface area contributed by atoms with Crippen LogP contribution in [0.2, 0.25) is 0 Å². The summed E-state index contributed by atoms with van der Waals surface area (Å²) >= 11 is 0. The molecule has 1 aliphatic heterocycles. The van der Waals surface area contributed by atoms with Gasteiger partial charge < -0.3 is 4.90 Å². The van der Waals surface area contributed by atoms with Crippen LogP contribution < -0.4 is 14.9 Å². The van der Waals surface area contributed by atoms with Crippen molar-refractivity contribution < 1.29 is 17.6 Å². The van der Waals surface area contributed by atoms with Gasteiger partial charge in [-0.25, -0.2) is 17.9 Å². The Hall–Kier alpha value is -2.53. The Balaban J connectivity index is 1.72. The summed E-state index contributed by atoms with van der Waals surface area (Å²) < 4.78 is 41.3. The Kier molecular flexibility index (Phi) is 6.48. The zero-order valence-corrected chi connectivity index (χ0v) is 17.2. The highest BCUT2D eigenvalue weighted by Crippen LogP contribution is 2.18. The van der Waals surface area contributed by atoms with Gasteiger partial charge in [-0.1, -0.05) is 26.0 Å². The van der Waals surface area contributed by atoms with Gasteiger partial charge in [0, 0.05) is 13.1 Å². The van der Waals surface area contributed by atoms with E-state index in [4.69, 9.17) is 0 Å². The molecule has 9 nitrogen and oxygen atoms in total. The Labute approximate surface area is 169 Å². The minimum absolute atomic E-state index is 0.131. The topological polar surface area (TPSA) is 120 Å². The highest BCUT2D eigenvalue weighted by molar-refractivity contribution is 7.89. The van der Waals surface area contributed by atoms with E-state index in [-0.39, 0.29) is 11.9 Å². The summed E-state index contributed by atoms with van der Waals surface area (Å²) in [6, 6.07) is 3.89. The van der Waals surface area contributed by atoms with Gasteiger partial charge in [0.05, 0.1) is 0 Å². The fourth-order valence-electron chi connectivity index (χ4n) is 3.12. The van der Waals surface area contributed by atoms with E-state index in [0.29, 0.717) is 5.95 Å². The zero-order valence-electron chi connectivity index (χ0n) is 16.4. The number of H-pyrrole nitrogens is 1. The van der Waals surface area contributed by atoms with Crippen molar-refractivity contribution >= 4 is 27.8 Å². The molecule has 1 aromatic carbocycles. The number of aromatic nitrogens is 3. The van der Waals surface area contributed by atoms with Crippen molar-refractivity contribution in [3.05, 3.63) is 30.1 Å². The molecule has 0 unspecified atom stereocenters. The number of benzene rings is 1. The number of carbonyl (C=O) groups is 1. The summed E-state index contributed by atoms with van der Waals surface area (Å²) in [4.78, 5) is 18.5. The lowest BCUT2D eigenvalue weighted by Crippen LogP contribution is -2.47. The van der Waals surface area contributed by atoms with Crippen molar-refractivity contribution in [1.29, 1.82) is 0 Å². The zero-order chi connectivity index (χ0) is 21.0. The second kappa shape index (κ2) is 8.87. The molecule has 1 saturated heterocycles. The van der Waals surface area contributed by atoms with E-state index in [9.17, 15) is 17.6 Å². The van der Waals surface area contributed by atoms with Crippen LogP contribution in [-0.4, -0.2) is 48.6 Å². The number of nitrogens with zero attached hydrogens (tertiary/aromatic N) is 3. The van der Waals surface area contributed by atoms with Crippen LogP contribution in [0.15, 0.2) is 29.2 Å². The Bertz CT molecular complexity index is 956. The molecule has 0 aliphatic carbocycles. The van der Waals surface area contributed by atoms with Gasteiger partial charge in [-0.3, -0.25) is 10.1 Å². The molecule has 158 valence electrons. The minimum atomic E-state index is -4.22. The first kappa shape index (κ1) is 21.2. The van der Waals surface area contributed by atoms with Crippen LogP contribution in [0.3, 0.4) is 0 Å². The Morgan fingerprint density at radius 1 is 1.21 bits per heavy atom. The molecule has 0 radical (unpaired) electrons. The van der Waals surface area contributed by atoms with Crippen molar-refractivity contribution in [1.82, 2.24) is 19.9 Å². The van der Waals surface area contributed by atoms with Crippen molar-refractivity contribution in [3.63, 3.8) is 0 Å². The summed E-state index contributed by atoms with van der Waals surface area (Å²) in [7, 11) is -4.22. The summed E-state index contributed by atoms with van der Waals surface area (Å²) in [6.07, 6.45) is 3.29. The standard InChI is InChI=1S/C18H25FN6O3S/c1-12(2)15(24-29(27,28)14-9-5-4-8-13(14)19)16(26)20-17-21-18(23-22-17)25-10-6-3-7-11-25/h4-5,8-9,12,15,24H,3,6-7,10-11H2,1-2H3,(H2,20,21,22,23,26)/t15-/m0/s1. The van der Waals surface area contributed by atoms with E-state index in [0.717, 1.165) is 38.1 Å². The number of piperidine rings is 1. The molecule has 2 aromatic rings. The van der Waals surface area contributed by atoms with Crippen LogP contribution >= 0.6 is 0 Å². The third kappa shape index (κ3) is 5.10. The lowest BCUT2D eigenvalue weighted by Gasteiger charge is -2.24. The van der Waals surface area contributed by atoms with Crippen molar-refractivity contribution in [2.45, 2.75) is 44.0 Å². The molecule has 1 aliphatic rings. The van der Waals surface area contributed by atoms with Gasteiger partial charge in [0.25, 0.3) is 0 Å². The van der Waals surface area contributed by atoms with E-state index in [1.807, 2.05) is 4.90 Å². The van der Waals surface area contributed by atoms with Gasteiger partial charge in [0.1, 0.15) is 16.8 Å². The summed E-state index contributed by atoms with van der Waals surface area (Å²) in [5, 5.41) is 9.33. The monoisotopic (exact) mass is 424 g/mol.